The van der Waals surface area contributed by atoms with Crippen molar-refractivity contribution in [2.75, 3.05) is 25.4 Å². The first-order valence-corrected chi connectivity index (χ1v) is 7.60. The second kappa shape index (κ2) is 6.27. The average molecular weight is 244 g/mol. The number of rotatable bonds is 5. The first-order chi connectivity index (χ1) is 7.54. The Bertz CT molecular complexity index is 202. The third-order valence-electron chi connectivity index (χ3n) is 3.76. The fraction of sp³-hybridized carbons (Fsp3) is 1.00. The van der Waals surface area contributed by atoms with E-state index >= 15 is 0 Å². The van der Waals surface area contributed by atoms with Gasteiger partial charge in [0, 0.05) is 36.2 Å². The third kappa shape index (κ3) is 3.64. The van der Waals surface area contributed by atoms with Crippen LogP contribution in [-0.2, 0) is 0 Å². The Morgan fingerprint density at radius 2 is 1.94 bits per heavy atom. The topological polar surface area (TPSA) is 29.3 Å². The minimum atomic E-state index is 0.400. The molecule has 1 saturated heterocycles. The van der Waals surface area contributed by atoms with Gasteiger partial charge in [-0.05, 0) is 19.8 Å². The molecular weight excluding hydrogens is 216 g/mol. The molecule has 0 saturated carbocycles. The Morgan fingerprint density at radius 3 is 2.38 bits per heavy atom. The van der Waals surface area contributed by atoms with Gasteiger partial charge in [-0.2, -0.15) is 11.8 Å². The van der Waals surface area contributed by atoms with E-state index < -0.39 is 0 Å². The number of thioether (sulfide) groups is 1. The molecule has 0 spiro atoms. The molecule has 2 nitrogen and oxygen atoms in total. The molecule has 0 aromatic heterocycles. The van der Waals surface area contributed by atoms with Crippen LogP contribution in [0.25, 0.3) is 0 Å². The zero-order valence-electron chi connectivity index (χ0n) is 11.3. The van der Waals surface area contributed by atoms with E-state index in [0.717, 1.165) is 12.5 Å². The van der Waals surface area contributed by atoms with Gasteiger partial charge in [-0.15, -0.1) is 0 Å². The predicted octanol–water partition coefficient (Wildman–Crippen LogP) is 2.58. The summed E-state index contributed by atoms with van der Waals surface area (Å²) in [6, 6.07) is 0.593. The fourth-order valence-corrected chi connectivity index (χ4v) is 3.94. The highest BCUT2D eigenvalue weighted by Gasteiger charge is 2.32. The Labute approximate surface area is 105 Å². The molecule has 0 bridgehead atoms. The van der Waals surface area contributed by atoms with Crippen LogP contribution in [0.3, 0.4) is 0 Å². The SMILES string of the molecule is CCC(CC)C(CN)N1CCSC(C)(C)C1. The van der Waals surface area contributed by atoms with Gasteiger partial charge in [0.25, 0.3) is 0 Å². The van der Waals surface area contributed by atoms with Crippen LogP contribution in [0.15, 0.2) is 0 Å². The standard InChI is InChI=1S/C13H28N2S/c1-5-11(6-2)12(9-14)15-7-8-16-13(3,4)10-15/h11-12H,5-10,14H2,1-4H3. The molecule has 1 heterocycles. The summed E-state index contributed by atoms with van der Waals surface area (Å²) in [5, 5.41) is 0. The highest BCUT2D eigenvalue weighted by Crippen LogP contribution is 2.32. The molecule has 1 aliphatic rings. The van der Waals surface area contributed by atoms with Crippen LogP contribution in [0.2, 0.25) is 0 Å². The van der Waals surface area contributed by atoms with Crippen molar-refractivity contribution in [3.8, 4) is 0 Å². The Hall–Kier alpha value is 0.270. The Morgan fingerprint density at radius 1 is 1.31 bits per heavy atom. The summed E-state index contributed by atoms with van der Waals surface area (Å²) in [4.78, 5) is 2.63. The first kappa shape index (κ1) is 14.3. The molecule has 0 radical (unpaired) electrons. The van der Waals surface area contributed by atoms with Gasteiger partial charge in [0.2, 0.25) is 0 Å². The van der Waals surface area contributed by atoms with Gasteiger partial charge in [0.05, 0.1) is 0 Å². The van der Waals surface area contributed by atoms with Gasteiger partial charge in [-0.3, -0.25) is 4.90 Å². The zero-order valence-corrected chi connectivity index (χ0v) is 12.1. The van der Waals surface area contributed by atoms with Crippen molar-refractivity contribution in [1.82, 2.24) is 4.90 Å². The highest BCUT2D eigenvalue weighted by molar-refractivity contribution is 8.00. The lowest BCUT2D eigenvalue weighted by atomic mass is 9.92. The summed E-state index contributed by atoms with van der Waals surface area (Å²) in [5.41, 5.74) is 6.00. The normalized spacial score (nSPS) is 23.6. The summed E-state index contributed by atoms with van der Waals surface area (Å²) in [7, 11) is 0. The minimum absolute atomic E-state index is 0.400. The van der Waals surface area contributed by atoms with E-state index in [1.807, 2.05) is 0 Å². The van der Waals surface area contributed by atoms with Crippen LogP contribution in [0.1, 0.15) is 40.5 Å². The summed E-state index contributed by atoms with van der Waals surface area (Å²) in [6.45, 7) is 12.5. The molecule has 0 amide bonds. The number of nitrogens with two attached hydrogens (primary N) is 1. The maximum atomic E-state index is 6.00. The first-order valence-electron chi connectivity index (χ1n) is 6.62. The van der Waals surface area contributed by atoms with Crippen LogP contribution < -0.4 is 5.73 Å². The largest absolute Gasteiger partial charge is 0.329 e. The van der Waals surface area contributed by atoms with E-state index in [0.29, 0.717) is 10.8 Å². The highest BCUT2D eigenvalue weighted by atomic mass is 32.2. The maximum absolute atomic E-state index is 6.00. The van der Waals surface area contributed by atoms with Gasteiger partial charge >= 0.3 is 0 Å². The molecule has 1 aliphatic heterocycles. The lowest BCUT2D eigenvalue weighted by Crippen LogP contribution is -2.53. The lowest BCUT2D eigenvalue weighted by Gasteiger charge is -2.44. The van der Waals surface area contributed by atoms with Crippen LogP contribution in [-0.4, -0.2) is 41.1 Å². The van der Waals surface area contributed by atoms with Crippen molar-refractivity contribution in [2.24, 2.45) is 11.7 Å². The summed E-state index contributed by atoms with van der Waals surface area (Å²) >= 11 is 2.10. The molecule has 1 atom stereocenters. The van der Waals surface area contributed by atoms with Crippen LogP contribution >= 0.6 is 11.8 Å². The summed E-state index contributed by atoms with van der Waals surface area (Å²) in [5.74, 6) is 2.02. The molecule has 3 heteroatoms. The molecule has 2 N–H and O–H groups in total. The molecule has 1 fully saturated rings. The van der Waals surface area contributed by atoms with Gasteiger partial charge in [0.1, 0.15) is 0 Å². The van der Waals surface area contributed by atoms with Gasteiger partial charge < -0.3 is 5.73 Å². The molecule has 16 heavy (non-hydrogen) atoms. The molecule has 96 valence electrons. The number of hydrogen-bond donors (Lipinski definition) is 1. The van der Waals surface area contributed by atoms with E-state index in [2.05, 4.69) is 44.4 Å². The lowest BCUT2D eigenvalue weighted by molar-refractivity contribution is 0.133. The maximum Gasteiger partial charge on any atom is 0.0247 e. The van der Waals surface area contributed by atoms with Gasteiger partial charge in [-0.25, -0.2) is 0 Å². The summed E-state index contributed by atoms with van der Waals surface area (Å²) in [6.07, 6.45) is 2.50. The predicted molar refractivity (Wildman–Crippen MR) is 75.0 cm³/mol. The molecule has 1 rings (SSSR count). The Balaban J connectivity index is 2.64. The van der Waals surface area contributed by atoms with Gasteiger partial charge in [0.15, 0.2) is 0 Å². The van der Waals surface area contributed by atoms with Crippen molar-refractivity contribution < 1.29 is 0 Å². The van der Waals surface area contributed by atoms with Crippen molar-refractivity contribution in [3.63, 3.8) is 0 Å². The molecular formula is C13H28N2S. The molecule has 0 aliphatic carbocycles. The van der Waals surface area contributed by atoms with E-state index in [1.54, 1.807) is 0 Å². The van der Waals surface area contributed by atoms with Crippen LogP contribution in [0.4, 0.5) is 0 Å². The van der Waals surface area contributed by atoms with Crippen molar-refractivity contribution in [3.05, 3.63) is 0 Å². The van der Waals surface area contributed by atoms with E-state index in [-0.39, 0.29) is 0 Å². The quantitative estimate of drug-likeness (QED) is 0.806. The fourth-order valence-electron chi connectivity index (χ4n) is 2.81. The van der Waals surface area contributed by atoms with E-state index in [1.165, 1.54) is 31.7 Å². The van der Waals surface area contributed by atoms with Crippen molar-refractivity contribution in [2.45, 2.75) is 51.3 Å². The Kier molecular flexibility index (Phi) is 5.62. The monoisotopic (exact) mass is 244 g/mol. The van der Waals surface area contributed by atoms with E-state index in [4.69, 9.17) is 5.73 Å². The molecule has 0 aromatic rings. The van der Waals surface area contributed by atoms with Crippen LogP contribution in [0.5, 0.6) is 0 Å². The third-order valence-corrected chi connectivity index (χ3v) is 5.06. The smallest absolute Gasteiger partial charge is 0.0247 e. The van der Waals surface area contributed by atoms with Crippen LogP contribution in [0, 0.1) is 5.92 Å². The minimum Gasteiger partial charge on any atom is -0.329 e. The van der Waals surface area contributed by atoms with Gasteiger partial charge in [-0.1, -0.05) is 26.7 Å². The zero-order chi connectivity index (χ0) is 12.2. The number of hydrogen-bond acceptors (Lipinski definition) is 3. The summed E-state index contributed by atoms with van der Waals surface area (Å²) < 4.78 is 0.400. The second-order valence-electron chi connectivity index (χ2n) is 5.46. The van der Waals surface area contributed by atoms with Crippen molar-refractivity contribution >= 4 is 11.8 Å². The molecule has 1 unspecified atom stereocenters. The average Bonchev–Trinajstić information content (AvgIpc) is 2.24. The number of nitrogens with zero attached hydrogens (tertiary/aromatic N) is 1. The van der Waals surface area contributed by atoms with Crippen molar-refractivity contribution in [1.29, 1.82) is 0 Å². The molecule has 0 aromatic carbocycles. The second-order valence-corrected chi connectivity index (χ2v) is 7.26. The van der Waals surface area contributed by atoms with E-state index in [9.17, 15) is 0 Å².